The smallest absolute Gasteiger partial charge is 0.227 e. The fourth-order valence-corrected chi connectivity index (χ4v) is 4.12. The highest BCUT2D eigenvalue weighted by molar-refractivity contribution is 5.83. The summed E-state index contributed by atoms with van der Waals surface area (Å²) in [6.07, 6.45) is 6.93. The summed E-state index contributed by atoms with van der Waals surface area (Å²) >= 11 is 0. The number of nitrogens with zero attached hydrogens (tertiary/aromatic N) is 1. The van der Waals surface area contributed by atoms with Crippen molar-refractivity contribution in [2.75, 3.05) is 13.1 Å². The second-order valence-electron chi connectivity index (χ2n) is 7.20. The minimum Gasteiger partial charge on any atom is -0.356 e. The maximum Gasteiger partial charge on any atom is 0.227 e. The first kappa shape index (κ1) is 17.9. The number of benzene rings is 1. The lowest BCUT2D eigenvalue weighted by Crippen LogP contribution is -2.52. The van der Waals surface area contributed by atoms with Crippen LogP contribution < -0.4 is 5.32 Å². The number of nitrogens with one attached hydrogen (secondary N) is 1. The maximum atomic E-state index is 13.4. The number of amides is 2. The highest BCUT2D eigenvalue weighted by atomic mass is 19.1. The third-order valence-electron chi connectivity index (χ3n) is 5.41. The van der Waals surface area contributed by atoms with Crippen molar-refractivity contribution >= 4 is 11.8 Å². The van der Waals surface area contributed by atoms with Gasteiger partial charge in [-0.1, -0.05) is 25.0 Å². The number of fused-ring (bicyclic) bond motifs is 1. The molecule has 1 saturated heterocycles. The Balaban J connectivity index is 1.78. The van der Waals surface area contributed by atoms with Crippen LogP contribution in [0.5, 0.6) is 0 Å². The molecule has 1 aromatic carbocycles. The number of carbonyl (C=O) groups excluding carboxylic acids is 2. The fourth-order valence-electron chi connectivity index (χ4n) is 4.12. The molecule has 0 aromatic heterocycles. The fraction of sp³-hybridized carbons (Fsp3) is 0.600. The Labute approximate surface area is 148 Å². The van der Waals surface area contributed by atoms with Crippen LogP contribution in [0.4, 0.5) is 4.39 Å². The van der Waals surface area contributed by atoms with Crippen molar-refractivity contribution in [1.29, 1.82) is 0 Å². The third-order valence-corrected chi connectivity index (χ3v) is 5.41. The quantitative estimate of drug-likeness (QED) is 0.895. The molecule has 2 amide bonds. The number of hydrogen-bond donors (Lipinski definition) is 1. The monoisotopic (exact) mass is 346 g/mol. The first-order valence-corrected chi connectivity index (χ1v) is 9.47. The standard InChI is InChI=1S/C20H27FN2O2/c21-16-8-6-7-15(13-16)14-19(24)23-12-5-1-4-11-22-20(25)17-9-2-3-10-18(17)23/h6-8,13,17-18H,1-5,9-12,14H2,(H,22,25)/t17-,18+/m0/s1. The summed E-state index contributed by atoms with van der Waals surface area (Å²) in [5, 5.41) is 3.04. The molecule has 0 radical (unpaired) electrons. The van der Waals surface area contributed by atoms with Gasteiger partial charge in [-0.3, -0.25) is 9.59 Å². The molecule has 1 aliphatic heterocycles. The molecule has 136 valence electrons. The highest BCUT2D eigenvalue weighted by Crippen LogP contribution is 2.30. The average molecular weight is 346 g/mol. The van der Waals surface area contributed by atoms with E-state index in [1.165, 1.54) is 12.1 Å². The maximum absolute atomic E-state index is 13.4. The molecule has 0 unspecified atom stereocenters. The largest absolute Gasteiger partial charge is 0.356 e. The van der Waals surface area contributed by atoms with Gasteiger partial charge in [-0.15, -0.1) is 0 Å². The minimum atomic E-state index is -0.318. The lowest BCUT2D eigenvalue weighted by molar-refractivity contribution is -0.138. The second-order valence-corrected chi connectivity index (χ2v) is 7.20. The van der Waals surface area contributed by atoms with Crippen molar-refractivity contribution in [3.8, 4) is 0 Å². The number of halogens is 1. The van der Waals surface area contributed by atoms with Crippen LogP contribution in [-0.4, -0.2) is 35.8 Å². The van der Waals surface area contributed by atoms with Crippen LogP contribution >= 0.6 is 0 Å². The number of rotatable bonds is 2. The van der Waals surface area contributed by atoms with Gasteiger partial charge in [0, 0.05) is 19.1 Å². The molecule has 4 nitrogen and oxygen atoms in total. The van der Waals surface area contributed by atoms with Gasteiger partial charge in [0.2, 0.25) is 11.8 Å². The average Bonchev–Trinajstić information content (AvgIpc) is 2.61. The van der Waals surface area contributed by atoms with Crippen LogP contribution in [0.1, 0.15) is 50.5 Å². The summed E-state index contributed by atoms with van der Waals surface area (Å²) in [5.41, 5.74) is 0.693. The van der Waals surface area contributed by atoms with E-state index in [1.54, 1.807) is 12.1 Å². The molecule has 1 aliphatic carbocycles. The van der Waals surface area contributed by atoms with E-state index in [0.717, 1.165) is 51.5 Å². The van der Waals surface area contributed by atoms with E-state index >= 15 is 0 Å². The molecule has 1 N–H and O–H groups in total. The van der Waals surface area contributed by atoms with Gasteiger partial charge >= 0.3 is 0 Å². The molecule has 1 heterocycles. The van der Waals surface area contributed by atoms with E-state index in [9.17, 15) is 14.0 Å². The summed E-state index contributed by atoms with van der Waals surface area (Å²) in [7, 11) is 0. The van der Waals surface area contributed by atoms with Crippen molar-refractivity contribution < 1.29 is 14.0 Å². The number of carbonyl (C=O) groups is 2. The summed E-state index contributed by atoms with van der Waals surface area (Å²) < 4.78 is 13.4. The molecular formula is C20H27FN2O2. The highest BCUT2D eigenvalue weighted by Gasteiger charge is 2.36. The van der Waals surface area contributed by atoms with Crippen LogP contribution in [0.2, 0.25) is 0 Å². The van der Waals surface area contributed by atoms with Crippen molar-refractivity contribution in [1.82, 2.24) is 10.2 Å². The molecule has 2 fully saturated rings. The second kappa shape index (κ2) is 8.45. The minimum absolute atomic E-state index is 0.0101. The van der Waals surface area contributed by atoms with Gasteiger partial charge in [0.1, 0.15) is 5.82 Å². The lowest BCUT2D eigenvalue weighted by atomic mass is 9.82. The van der Waals surface area contributed by atoms with Gasteiger partial charge in [-0.2, -0.15) is 0 Å². The van der Waals surface area contributed by atoms with Crippen LogP contribution in [0.3, 0.4) is 0 Å². The van der Waals surface area contributed by atoms with Crippen molar-refractivity contribution in [3.63, 3.8) is 0 Å². The van der Waals surface area contributed by atoms with Crippen LogP contribution in [-0.2, 0) is 16.0 Å². The zero-order chi connectivity index (χ0) is 17.6. The van der Waals surface area contributed by atoms with E-state index in [-0.39, 0.29) is 36.0 Å². The summed E-state index contributed by atoms with van der Waals surface area (Å²) in [5.74, 6) is -0.324. The molecule has 3 rings (SSSR count). The zero-order valence-electron chi connectivity index (χ0n) is 14.7. The van der Waals surface area contributed by atoms with E-state index in [2.05, 4.69) is 5.32 Å². The number of hydrogen-bond acceptors (Lipinski definition) is 2. The molecule has 0 spiro atoms. The Kier molecular flexibility index (Phi) is 6.05. The van der Waals surface area contributed by atoms with Gasteiger partial charge in [0.15, 0.2) is 0 Å². The Morgan fingerprint density at radius 1 is 1.16 bits per heavy atom. The third kappa shape index (κ3) is 4.59. The predicted octanol–water partition coefficient (Wildman–Crippen LogP) is 3.06. The molecule has 2 aliphatic rings. The molecule has 1 aromatic rings. The Morgan fingerprint density at radius 2 is 2.00 bits per heavy atom. The molecule has 5 heteroatoms. The zero-order valence-corrected chi connectivity index (χ0v) is 14.7. The van der Waals surface area contributed by atoms with E-state index in [4.69, 9.17) is 0 Å². The van der Waals surface area contributed by atoms with Gasteiger partial charge in [-0.25, -0.2) is 4.39 Å². The van der Waals surface area contributed by atoms with Crippen molar-refractivity contribution in [3.05, 3.63) is 35.6 Å². The van der Waals surface area contributed by atoms with Crippen LogP contribution in [0, 0.1) is 11.7 Å². The SMILES string of the molecule is O=C1NCCCCCN(C(=O)Cc2cccc(F)c2)[C@@H]2CCCC[C@H]12. The first-order valence-electron chi connectivity index (χ1n) is 9.47. The van der Waals surface area contributed by atoms with Gasteiger partial charge < -0.3 is 10.2 Å². The van der Waals surface area contributed by atoms with Gasteiger partial charge in [0.05, 0.1) is 12.3 Å². The van der Waals surface area contributed by atoms with Crippen molar-refractivity contribution in [2.45, 2.75) is 57.4 Å². The topological polar surface area (TPSA) is 49.4 Å². The Hall–Kier alpha value is -1.91. The Morgan fingerprint density at radius 3 is 2.84 bits per heavy atom. The van der Waals surface area contributed by atoms with E-state index in [0.29, 0.717) is 12.1 Å². The Bertz CT molecular complexity index is 619. The van der Waals surface area contributed by atoms with E-state index in [1.807, 2.05) is 4.90 Å². The van der Waals surface area contributed by atoms with Crippen molar-refractivity contribution in [2.24, 2.45) is 5.92 Å². The first-order chi connectivity index (χ1) is 12.1. The molecular weight excluding hydrogens is 319 g/mol. The van der Waals surface area contributed by atoms with Crippen LogP contribution in [0.25, 0.3) is 0 Å². The summed E-state index contributed by atoms with van der Waals surface area (Å²) in [6.45, 7) is 1.43. The summed E-state index contributed by atoms with van der Waals surface area (Å²) in [6, 6.07) is 6.21. The molecule has 2 atom stereocenters. The van der Waals surface area contributed by atoms with Gasteiger partial charge in [0.25, 0.3) is 0 Å². The lowest BCUT2D eigenvalue weighted by Gasteiger charge is -2.40. The summed E-state index contributed by atoms with van der Waals surface area (Å²) in [4.78, 5) is 27.4. The molecule has 0 bridgehead atoms. The van der Waals surface area contributed by atoms with E-state index < -0.39 is 0 Å². The predicted molar refractivity (Wildman–Crippen MR) is 94.4 cm³/mol. The normalized spacial score (nSPS) is 25.0. The van der Waals surface area contributed by atoms with Crippen LogP contribution in [0.15, 0.2) is 24.3 Å². The molecule has 25 heavy (non-hydrogen) atoms. The molecule has 1 saturated carbocycles. The van der Waals surface area contributed by atoms with Gasteiger partial charge in [-0.05, 0) is 49.8 Å².